The standard InChI is InChI=1S/C29H33FN2O3S/c30-26-13-11-23(12-14-26)8-4-1-2-7-17-31-28(34)29(32-18-15-27(32)33,20-25-16-19-35-21-25)36-22-24-9-5-3-6-10-24/h3,5-6,9-14,16,19,21H,1-2,4,7-8,15,17-18,20,22H2,(H,31,34). The molecule has 1 saturated heterocycles. The summed E-state index contributed by atoms with van der Waals surface area (Å²) in [5.74, 6) is 0.304. The Labute approximate surface area is 216 Å². The normalized spacial score (nSPS) is 14.8. The zero-order valence-corrected chi connectivity index (χ0v) is 21.3. The molecule has 3 aromatic rings. The van der Waals surface area contributed by atoms with E-state index in [0.717, 1.165) is 48.8 Å². The molecule has 1 aliphatic rings. The quantitative estimate of drug-likeness (QED) is 0.223. The third-order valence-electron chi connectivity index (χ3n) is 6.58. The molecule has 2 amide bonds. The van der Waals surface area contributed by atoms with Crippen molar-refractivity contribution in [1.29, 1.82) is 0 Å². The third-order valence-corrected chi connectivity index (χ3v) is 8.08. The molecule has 0 bridgehead atoms. The Kier molecular flexibility index (Phi) is 9.23. The number of carbonyl (C=O) groups excluding carboxylic acids is 2. The topological polar surface area (TPSA) is 62.6 Å². The molecular formula is C29H33FN2O3S. The number of nitrogens with one attached hydrogen (secondary N) is 1. The summed E-state index contributed by atoms with van der Waals surface area (Å²) in [7, 11) is 0. The van der Waals surface area contributed by atoms with E-state index >= 15 is 0 Å². The van der Waals surface area contributed by atoms with Crippen LogP contribution in [0.5, 0.6) is 0 Å². The van der Waals surface area contributed by atoms with E-state index in [2.05, 4.69) is 5.32 Å². The number of furan rings is 1. The van der Waals surface area contributed by atoms with Crippen LogP contribution in [-0.4, -0.2) is 34.7 Å². The Morgan fingerprint density at radius 1 is 0.972 bits per heavy atom. The highest BCUT2D eigenvalue weighted by molar-refractivity contribution is 8.00. The zero-order valence-electron chi connectivity index (χ0n) is 20.5. The van der Waals surface area contributed by atoms with Gasteiger partial charge in [-0.05, 0) is 54.2 Å². The molecule has 0 saturated carbocycles. The molecular weight excluding hydrogens is 475 g/mol. The van der Waals surface area contributed by atoms with Crippen molar-refractivity contribution in [2.24, 2.45) is 0 Å². The second kappa shape index (κ2) is 12.8. The van der Waals surface area contributed by atoms with Gasteiger partial charge in [0.25, 0.3) is 5.91 Å². The highest BCUT2D eigenvalue weighted by atomic mass is 32.2. The number of rotatable bonds is 14. The molecule has 2 heterocycles. The summed E-state index contributed by atoms with van der Waals surface area (Å²) in [4.78, 5) is 27.0. The summed E-state index contributed by atoms with van der Waals surface area (Å²) < 4.78 is 18.3. The van der Waals surface area contributed by atoms with E-state index in [1.807, 2.05) is 48.5 Å². The molecule has 1 fully saturated rings. The molecule has 0 radical (unpaired) electrons. The SMILES string of the molecule is O=C1CCN1C(Cc1ccoc1)(SCc1ccccc1)C(=O)NCCCCCCc1ccc(F)cc1. The number of amides is 2. The van der Waals surface area contributed by atoms with E-state index in [9.17, 15) is 14.0 Å². The number of hydrogen-bond acceptors (Lipinski definition) is 4. The van der Waals surface area contributed by atoms with Gasteiger partial charge < -0.3 is 14.6 Å². The summed E-state index contributed by atoms with van der Waals surface area (Å²) in [5.41, 5.74) is 3.15. The largest absolute Gasteiger partial charge is 0.472 e. The van der Waals surface area contributed by atoms with Crippen molar-refractivity contribution in [3.63, 3.8) is 0 Å². The van der Waals surface area contributed by atoms with Crippen LogP contribution in [-0.2, 0) is 28.2 Å². The molecule has 7 heteroatoms. The number of carbonyl (C=O) groups is 2. The van der Waals surface area contributed by atoms with Crippen LogP contribution in [0, 0.1) is 5.82 Å². The fourth-order valence-corrected chi connectivity index (χ4v) is 5.85. The van der Waals surface area contributed by atoms with Crippen molar-refractivity contribution in [2.75, 3.05) is 13.1 Å². The van der Waals surface area contributed by atoms with Gasteiger partial charge in [-0.25, -0.2) is 4.39 Å². The average Bonchev–Trinajstić information content (AvgIpc) is 3.40. The number of halogens is 1. The van der Waals surface area contributed by atoms with Gasteiger partial charge in [0.2, 0.25) is 5.91 Å². The summed E-state index contributed by atoms with van der Waals surface area (Å²) in [6.45, 7) is 1.14. The first-order valence-corrected chi connectivity index (χ1v) is 13.6. The van der Waals surface area contributed by atoms with E-state index in [4.69, 9.17) is 4.42 Å². The fourth-order valence-electron chi connectivity index (χ4n) is 4.44. The van der Waals surface area contributed by atoms with E-state index in [1.54, 1.807) is 17.4 Å². The van der Waals surface area contributed by atoms with Gasteiger partial charge in [0.05, 0.1) is 12.5 Å². The average molecular weight is 509 g/mol. The van der Waals surface area contributed by atoms with Crippen LogP contribution in [0.4, 0.5) is 4.39 Å². The van der Waals surface area contributed by atoms with Gasteiger partial charge in [-0.1, -0.05) is 55.3 Å². The minimum atomic E-state index is -1.02. The Balaban J connectivity index is 1.34. The van der Waals surface area contributed by atoms with Crippen molar-refractivity contribution < 1.29 is 18.4 Å². The molecule has 1 N–H and O–H groups in total. The maximum Gasteiger partial charge on any atom is 0.256 e. The molecule has 1 aromatic heterocycles. The van der Waals surface area contributed by atoms with Crippen molar-refractivity contribution >= 4 is 23.6 Å². The summed E-state index contributed by atoms with van der Waals surface area (Å²) >= 11 is 1.51. The second-order valence-corrected chi connectivity index (χ2v) is 10.5. The predicted octanol–water partition coefficient (Wildman–Crippen LogP) is 5.74. The number of benzene rings is 2. The van der Waals surface area contributed by atoms with Gasteiger partial charge >= 0.3 is 0 Å². The maximum absolute atomic E-state index is 13.7. The van der Waals surface area contributed by atoms with Crippen LogP contribution in [0.1, 0.15) is 48.8 Å². The van der Waals surface area contributed by atoms with Gasteiger partial charge in [0.15, 0.2) is 4.87 Å². The van der Waals surface area contributed by atoms with Crippen LogP contribution >= 0.6 is 11.8 Å². The molecule has 0 spiro atoms. The van der Waals surface area contributed by atoms with Gasteiger partial charge in [-0.15, -0.1) is 11.8 Å². The van der Waals surface area contributed by atoms with E-state index in [0.29, 0.717) is 31.7 Å². The van der Waals surface area contributed by atoms with E-state index < -0.39 is 4.87 Å². The fraction of sp³-hybridized carbons (Fsp3) is 0.379. The summed E-state index contributed by atoms with van der Waals surface area (Å²) in [6.07, 6.45) is 8.98. The van der Waals surface area contributed by atoms with Gasteiger partial charge in [0, 0.05) is 31.7 Å². The lowest BCUT2D eigenvalue weighted by molar-refractivity contribution is -0.150. The number of nitrogens with zero attached hydrogens (tertiary/aromatic N) is 1. The molecule has 0 aliphatic carbocycles. The van der Waals surface area contributed by atoms with Crippen LogP contribution in [0.25, 0.3) is 0 Å². The molecule has 1 unspecified atom stereocenters. The molecule has 4 rings (SSSR count). The lowest BCUT2D eigenvalue weighted by Gasteiger charge is -2.46. The minimum absolute atomic E-state index is 0.00926. The van der Waals surface area contributed by atoms with Gasteiger partial charge in [-0.3, -0.25) is 9.59 Å². The molecule has 1 aliphatic heterocycles. The Bertz CT molecular complexity index is 1110. The van der Waals surface area contributed by atoms with Crippen molar-refractivity contribution in [3.8, 4) is 0 Å². The zero-order chi connectivity index (χ0) is 25.2. The molecule has 36 heavy (non-hydrogen) atoms. The maximum atomic E-state index is 13.7. The van der Waals surface area contributed by atoms with Crippen LogP contribution in [0.15, 0.2) is 77.6 Å². The van der Waals surface area contributed by atoms with Crippen LogP contribution in [0.2, 0.25) is 0 Å². The molecule has 2 aromatic carbocycles. The number of hydrogen-bond donors (Lipinski definition) is 1. The van der Waals surface area contributed by atoms with E-state index in [1.165, 1.54) is 23.9 Å². The lowest BCUT2D eigenvalue weighted by atomic mass is 10.0. The smallest absolute Gasteiger partial charge is 0.256 e. The molecule has 5 nitrogen and oxygen atoms in total. The highest BCUT2D eigenvalue weighted by Gasteiger charge is 2.50. The summed E-state index contributed by atoms with van der Waals surface area (Å²) in [5, 5.41) is 3.13. The number of thioether (sulfide) groups is 1. The first-order chi connectivity index (χ1) is 17.6. The van der Waals surface area contributed by atoms with E-state index in [-0.39, 0.29) is 17.6 Å². The first-order valence-electron chi connectivity index (χ1n) is 12.6. The number of unbranched alkanes of at least 4 members (excludes halogenated alkanes) is 3. The predicted molar refractivity (Wildman–Crippen MR) is 141 cm³/mol. The van der Waals surface area contributed by atoms with Crippen molar-refractivity contribution in [3.05, 3.63) is 95.7 Å². The lowest BCUT2D eigenvalue weighted by Crippen LogP contribution is -2.64. The third kappa shape index (κ3) is 6.78. The monoisotopic (exact) mass is 508 g/mol. The summed E-state index contributed by atoms with van der Waals surface area (Å²) in [6, 6.07) is 18.5. The first kappa shape index (κ1) is 26.0. The Morgan fingerprint density at radius 2 is 1.75 bits per heavy atom. The van der Waals surface area contributed by atoms with Crippen LogP contribution < -0.4 is 5.32 Å². The number of β-lactam (4-membered cyclic amide) rings is 1. The number of aryl methyl sites for hydroxylation is 1. The van der Waals surface area contributed by atoms with Crippen molar-refractivity contribution in [1.82, 2.24) is 10.2 Å². The van der Waals surface area contributed by atoms with Gasteiger partial charge in [-0.2, -0.15) is 0 Å². The minimum Gasteiger partial charge on any atom is -0.472 e. The van der Waals surface area contributed by atoms with Crippen LogP contribution in [0.3, 0.4) is 0 Å². The van der Waals surface area contributed by atoms with Gasteiger partial charge in [0.1, 0.15) is 5.82 Å². The second-order valence-electron chi connectivity index (χ2n) is 9.21. The molecule has 190 valence electrons. The Hall–Kier alpha value is -3.06. The number of likely N-dealkylation sites (tertiary alicyclic amines) is 1. The van der Waals surface area contributed by atoms with Crippen molar-refractivity contribution in [2.45, 2.75) is 55.6 Å². The highest BCUT2D eigenvalue weighted by Crippen LogP contribution is 2.39. The Morgan fingerprint density at radius 3 is 2.42 bits per heavy atom. The molecule has 1 atom stereocenters.